The average Bonchev–Trinajstić information content (AvgIpc) is 2.41. The van der Waals surface area contributed by atoms with Gasteiger partial charge in [0.05, 0.1) is 6.54 Å². The van der Waals surface area contributed by atoms with Gasteiger partial charge in [-0.1, -0.05) is 39.7 Å². The van der Waals surface area contributed by atoms with Crippen LogP contribution in [0.3, 0.4) is 0 Å². The zero-order chi connectivity index (χ0) is 14.5. The minimum Gasteiger partial charge on any atom is -0.376 e. The Hall–Kier alpha value is -1.52. The fraction of sp³-hybridized carbons (Fsp3) is 0.133. The quantitative estimate of drug-likeness (QED) is 0.852. The van der Waals surface area contributed by atoms with Gasteiger partial charge in [-0.2, -0.15) is 0 Å². The Morgan fingerprint density at radius 1 is 1.20 bits per heavy atom. The van der Waals surface area contributed by atoms with Crippen LogP contribution in [0.1, 0.15) is 5.56 Å². The molecule has 20 heavy (non-hydrogen) atoms. The van der Waals surface area contributed by atoms with Gasteiger partial charge in [0.15, 0.2) is 0 Å². The summed E-state index contributed by atoms with van der Waals surface area (Å²) in [5.41, 5.74) is 2.56. The highest BCUT2D eigenvalue weighted by atomic mass is 79.9. The first-order valence-electron chi connectivity index (χ1n) is 6.10. The Balaban J connectivity index is 1.91. The number of benzene rings is 2. The van der Waals surface area contributed by atoms with Gasteiger partial charge >= 0.3 is 0 Å². The molecule has 0 aromatic heterocycles. The Morgan fingerprint density at radius 3 is 2.70 bits per heavy atom. The van der Waals surface area contributed by atoms with E-state index in [4.69, 9.17) is 11.6 Å². The Kier molecular flexibility index (Phi) is 5.04. The van der Waals surface area contributed by atoms with Crippen molar-refractivity contribution in [2.24, 2.45) is 0 Å². The Morgan fingerprint density at radius 2 is 2.00 bits per heavy atom. The summed E-state index contributed by atoms with van der Waals surface area (Å²) in [5.74, 6) is -0.120. The summed E-state index contributed by atoms with van der Waals surface area (Å²) >= 11 is 9.40. The molecule has 0 heterocycles. The molecule has 0 aliphatic heterocycles. The van der Waals surface area contributed by atoms with Gasteiger partial charge in [-0.3, -0.25) is 4.79 Å². The van der Waals surface area contributed by atoms with Crippen LogP contribution in [0.15, 0.2) is 46.9 Å². The van der Waals surface area contributed by atoms with Crippen molar-refractivity contribution in [1.82, 2.24) is 0 Å². The first-order valence-corrected chi connectivity index (χ1v) is 7.27. The summed E-state index contributed by atoms with van der Waals surface area (Å²) in [6.07, 6.45) is 0. The van der Waals surface area contributed by atoms with Crippen LogP contribution in [0, 0.1) is 6.92 Å². The number of aryl methyl sites for hydroxylation is 1. The maximum atomic E-state index is 11.8. The van der Waals surface area contributed by atoms with Crippen LogP contribution in [-0.4, -0.2) is 12.5 Å². The van der Waals surface area contributed by atoms with E-state index >= 15 is 0 Å². The second-order valence-electron chi connectivity index (χ2n) is 4.38. The predicted octanol–water partition coefficient (Wildman–Crippen LogP) is 4.46. The second-order valence-corrected chi connectivity index (χ2v) is 5.70. The van der Waals surface area contributed by atoms with Gasteiger partial charge in [-0.05, 0) is 42.8 Å². The Bertz CT molecular complexity index is 631. The van der Waals surface area contributed by atoms with Gasteiger partial charge in [-0.15, -0.1) is 0 Å². The molecule has 0 aliphatic carbocycles. The highest BCUT2D eigenvalue weighted by Gasteiger charge is 2.04. The lowest BCUT2D eigenvalue weighted by atomic mass is 10.2. The molecule has 0 unspecified atom stereocenters. The van der Waals surface area contributed by atoms with E-state index < -0.39 is 0 Å². The molecule has 2 aromatic carbocycles. The number of amides is 1. The molecule has 0 fully saturated rings. The van der Waals surface area contributed by atoms with Gasteiger partial charge in [-0.25, -0.2) is 0 Å². The van der Waals surface area contributed by atoms with Crippen LogP contribution in [0.5, 0.6) is 0 Å². The highest BCUT2D eigenvalue weighted by molar-refractivity contribution is 9.10. The van der Waals surface area contributed by atoms with E-state index in [-0.39, 0.29) is 12.5 Å². The first kappa shape index (κ1) is 14.9. The maximum absolute atomic E-state index is 11.8. The van der Waals surface area contributed by atoms with Crippen LogP contribution >= 0.6 is 27.5 Å². The molecule has 1 amide bonds. The predicted molar refractivity (Wildman–Crippen MR) is 87.5 cm³/mol. The van der Waals surface area contributed by atoms with Crippen molar-refractivity contribution in [2.45, 2.75) is 6.92 Å². The van der Waals surface area contributed by atoms with Crippen molar-refractivity contribution < 1.29 is 4.79 Å². The summed E-state index contributed by atoms with van der Waals surface area (Å²) < 4.78 is 0.966. The largest absolute Gasteiger partial charge is 0.376 e. The van der Waals surface area contributed by atoms with Crippen molar-refractivity contribution >= 4 is 44.8 Å². The fourth-order valence-corrected chi connectivity index (χ4v) is 2.24. The van der Waals surface area contributed by atoms with E-state index in [2.05, 4.69) is 26.6 Å². The molecule has 3 nitrogen and oxygen atoms in total. The van der Waals surface area contributed by atoms with Gasteiger partial charge in [0.1, 0.15) is 0 Å². The van der Waals surface area contributed by atoms with Crippen LogP contribution < -0.4 is 10.6 Å². The second kappa shape index (κ2) is 6.77. The molecule has 0 atom stereocenters. The normalized spacial score (nSPS) is 10.2. The van der Waals surface area contributed by atoms with Crippen molar-refractivity contribution in [3.05, 3.63) is 57.5 Å². The lowest BCUT2D eigenvalue weighted by molar-refractivity contribution is -0.114. The standard InChI is InChI=1S/C15H14BrClN2O/c1-10-5-6-13(8-14(10)17)19-15(20)9-18-12-4-2-3-11(16)7-12/h2-8,18H,9H2,1H3,(H,19,20). The third-order valence-electron chi connectivity index (χ3n) is 2.73. The molecule has 2 N–H and O–H groups in total. The monoisotopic (exact) mass is 352 g/mol. The summed E-state index contributed by atoms with van der Waals surface area (Å²) in [7, 11) is 0. The van der Waals surface area contributed by atoms with Crippen molar-refractivity contribution in [1.29, 1.82) is 0 Å². The summed E-state index contributed by atoms with van der Waals surface area (Å²) in [5, 5.41) is 6.50. The molecule has 2 aromatic rings. The molecule has 104 valence electrons. The van der Waals surface area contributed by atoms with E-state index in [1.165, 1.54) is 0 Å². The molecular weight excluding hydrogens is 340 g/mol. The molecule has 0 bridgehead atoms. The third-order valence-corrected chi connectivity index (χ3v) is 3.63. The van der Waals surface area contributed by atoms with E-state index in [1.54, 1.807) is 6.07 Å². The summed E-state index contributed by atoms with van der Waals surface area (Å²) in [6, 6.07) is 13.1. The number of hydrogen-bond donors (Lipinski definition) is 2. The van der Waals surface area contributed by atoms with Crippen molar-refractivity contribution in [3.63, 3.8) is 0 Å². The van der Waals surface area contributed by atoms with Crippen LogP contribution in [0.2, 0.25) is 5.02 Å². The minimum absolute atomic E-state index is 0.120. The van der Waals surface area contributed by atoms with Crippen molar-refractivity contribution in [3.8, 4) is 0 Å². The van der Waals surface area contributed by atoms with Crippen LogP contribution in [-0.2, 0) is 4.79 Å². The number of rotatable bonds is 4. The summed E-state index contributed by atoms with van der Waals surface area (Å²) in [4.78, 5) is 11.8. The summed E-state index contributed by atoms with van der Waals surface area (Å²) in [6.45, 7) is 2.12. The maximum Gasteiger partial charge on any atom is 0.243 e. The third kappa shape index (κ3) is 4.25. The number of carbonyl (C=O) groups is 1. The number of carbonyl (C=O) groups excluding carboxylic acids is 1. The molecule has 0 spiro atoms. The fourth-order valence-electron chi connectivity index (χ4n) is 1.66. The van der Waals surface area contributed by atoms with E-state index in [0.717, 1.165) is 15.7 Å². The number of anilines is 2. The van der Waals surface area contributed by atoms with E-state index in [1.807, 2.05) is 43.3 Å². The molecule has 2 rings (SSSR count). The van der Waals surface area contributed by atoms with Gasteiger partial charge in [0.25, 0.3) is 0 Å². The first-order chi connectivity index (χ1) is 9.54. The smallest absolute Gasteiger partial charge is 0.243 e. The number of hydrogen-bond acceptors (Lipinski definition) is 2. The lowest BCUT2D eigenvalue weighted by Crippen LogP contribution is -2.21. The SMILES string of the molecule is Cc1ccc(NC(=O)CNc2cccc(Br)c2)cc1Cl. The van der Waals surface area contributed by atoms with E-state index in [9.17, 15) is 4.79 Å². The zero-order valence-corrected chi connectivity index (χ0v) is 13.3. The number of nitrogens with one attached hydrogen (secondary N) is 2. The lowest BCUT2D eigenvalue weighted by Gasteiger charge is -2.09. The van der Waals surface area contributed by atoms with Crippen LogP contribution in [0.4, 0.5) is 11.4 Å². The van der Waals surface area contributed by atoms with Crippen LogP contribution in [0.25, 0.3) is 0 Å². The van der Waals surface area contributed by atoms with Gasteiger partial charge < -0.3 is 10.6 Å². The molecule has 5 heteroatoms. The molecule has 0 saturated heterocycles. The highest BCUT2D eigenvalue weighted by Crippen LogP contribution is 2.20. The topological polar surface area (TPSA) is 41.1 Å². The molecule has 0 aliphatic rings. The molecule has 0 radical (unpaired) electrons. The zero-order valence-electron chi connectivity index (χ0n) is 10.9. The number of halogens is 2. The van der Waals surface area contributed by atoms with Gasteiger partial charge in [0.2, 0.25) is 5.91 Å². The van der Waals surface area contributed by atoms with Gasteiger partial charge in [0, 0.05) is 20.9 Å². The Labute approximate surface area is 131 Å². The molecule has 0 saturated carbocycles. The van der Waals surface area contributed by atoms with Crippen molar-refractivity contribution in [2.75, 3.05) is 17.2 Å². The van der Waals surface area contributed by atoms with E-state index in [0.29, 0.717) is 10.7 Å². The molecular formula is C15H14BrClN2O. The minimum atomic E-state index is -0.120. The average molecular weight is 354 g/mol.